The number of benzene rings is 1. The molecule has 0 aliphatic heterocycles. The maximum atomic E-state index is 11.7. The number of carbonyl (C=O) groups is 1. The quantitative estimate of drug-likeness (QED) is 0.794. The molecule has 1 aromatic rings. The predicted molar refractivity (Wildman–Crippen MR) is 90.9 cm³/mol. The van der Waals surface area contributed by atoms with Crippen LogP contribution < -0.4 is 5.32 Å². The summed E-state index contributed by atoms with van der Waals surface area (Å²) in [4.78, 5) is 14.0. The normalized spacial score (nSPS) is 11.5. The number of ether oxygens (including phenoxy) is 1. The maximum absolute atomic E-state index is 11.7. The molecule has 1 amide bonds. The second kappa shape index (κ2) is 9.46. The summed E-state index contributed by atoms with van der Waals surface area (Å²) >= 11 is 0. The van der Waals surface area contributed by atoms with E-state index in [4.69, 9.17) is 4.74 Å². The van der Waals surface area contributed by atoms with Crippen molar-refractivity contribution in [2.75, 3.05) is 19.6 Å². The maximum Gasteiger partial charge on any atom is 0.407 e. The van der Waals surface area contributed by atoms with E-state index in [9.17, 15) is 4.79 Å². The largest absolute Gasteiger partial charge is 0.444 e. The van der Waals surface area contributed by atoms with E-state index in [1.165, 1.54) is 18.4 Å². The number of hydrogen-bond acceptors (Lipinski definition) is 3. The zero-order valence-corrected chi connectivity index (χ0v) is 14.4. The van der Waals surface area contributed by atoms with Crippen LogP contribution in [-0.4, -0.2) is 36.2 Å². The molecular formula is C18H30N2O2. The lowest BCUT2D eigenvalue weighted by atomic mass is 10.2. The van der Waals surface area contributed by atoms with Gasteiger partial charge in [-0.05, 0) is 39.3 Å². The molecule has 0 aromatic heterocycles. The van der Waals surface area contributed by atoms with Crippen LogP contribution in [0.4, 0.5) is 4.79 Å². The molecule has 0 fully saturated rings. The molecule has 0 aliphatic rings. The first-order valence-corrected chi connectivity index (χ1v) is 8.14. The molecule has 124 valence electrons. The van der Waals surface area contributed by atoms with Crippen LogP contribution in [0.25, 0.3) is 0 Å². The van der Waals surface area contributed by atoms with Crippen LogP contribution in [0.5, 0.6) is 0 Å². The van der Waals surface area contributed by atoms with Gasteiger partial charge in [0, 0.05) is 19.6 Å². The second-order valence-corrected chi connectivity index (χ2v) is 6.54. The van der Waals surface area contributed by atoms with Gasteiger partial charge < -0.3 is 10.1 Å². The summed E-state index contributed by atoms with van der Waals surface area (Å²) in [6, 6.07) is 10.4. The summed E-state index contributed by atoms with van der Waals surface area (Å²) in [5.74, 6) is 0. The highest BCUT2D eigenvalue weighted by molar-refractivity contribution is 5.67. The van der Waals surface area contributed by atoms with Crippen molar-refractivity contribution in [2.45, 2.75) is 52.7 Å². The van der Waals surface area contributed by atoms with Crippen LogP contribution in [0.2, 0.25) is 0 Å². The van der Waals surface area contributed by atoms with Gasteiger partial charge in [0.2, 0.25) is 0 Å². The molecule has 0 heterocycles. The average molecular weight is 306 g/mol. The molecule has 0 atom stereocenters. The summed E-state index contributed by atoms with van der Waals surface area (Å²) in [6.07, 6.45) is 1.99. The van der Waals surface area contributed by atoms with E-state index in [1.807, 2.05) is 26.8 Å². The highest BCUT2D eigenvalue weighted by Crippen LogP contribution is 2.07. The fourth-order valence-corrected chi connectivity index (χ4v) is 2.12. The molecule has 4 heteroatoms. The van der Waals surface area contributed by atoms with Crippen molar-refractivity contribution in [3.8, 4) is 0 Å². The first-order chi connectivity index (χ1) is 10.4. The van der Waals surface area contributed by atoms with Gasteiger partial charge in [-0.3, -0.25) is 4.90 Å². The summed E-state index contributed by atoms with van der Waals surface area (Å²) < 4.78 is 5.25. The van der Waals surface area contributed by atoms with Gasteiger partial charge in [-0.15, -0.1) is 0 Å². The van der Waals surface area contributed by atoms with Crippen LogP contribution in [0.1, 0.15) is 46.1 Å². The molecule has 0 saturated heterocycles. The molecule has 4 nitrogen and oxygen atoms in total. The second-order valence-electron chi connectivity index (χ2n) is 6.54. The van der Waals surface area contributed by atoms with E-state index in [0.29, 0.717) is 6.54 Å². The molecule has 1 N–H and O–H groups in total. The van der Waals surface area contributed by atoms with Crippen molar-refractivity contribution in [1.82, 2.24) is 10.2 Å². The number of nitrogens with zero attached hydrogens (tertiary/aromatic N) is 1. The van der Waals surface area contributed by atoms with E-state index >= 15 is 0 Å². The summed E-state index contributed by atoms with van der Waals surface area (Å²) in [6.45, 7) is 11.2. The van der Waals surface area contributed by atoms with Gasteiger partial charge >= 0.3 is 6.09 Å². The zero-order valence-electron chi connectivity index (χ0n) is 14.4. The van der Waals surface area contributed by atoms with Gasteiger partial charge in [0.15, 0.2) is 0 Å². The number of hydrogen-bond donors (Lipinski definition) is 1. The van der Waals surface area contributed by atoms with Crippen LogP contribution in [0.3, 0.4) is 0 Å². The van der Waals surface area contributed by atoms with Gasteiger partial charge in [-0.2, -0.15) is 0 Å². The Morgan fingerprint density at radius 3 is 2.45 bits per heavy atom. The topological polar surface area (TPSA) is 41.6 Å². The fraction of sp³-hybridized carbons (Fsp3) is 0.611. The Bertz CT molecular complexity index is 426. The Morgan fingerprint density at radius 2 is 1.86 bits per heavy atom. The molecule has 1 aromatic carbocycles. The third-order valence-electron chi connectivity index (χ3n) is 3.17. The van der Waals surface area contributed by atoms with Gasteiger partial charge in [-0.25, -0.2) is 4.79 Å². The first-order valence-electron chi connectivity index (χ1n) is 8.14. The standard InChI is InChI=1S/C18H30N2O2/c1-5-6-13-20(15-16-10-8-7-9-11-16)14-12-19-17(21)22-18(2,3)4/h7-11H,5-6,12-15H2,1-4H3,(H,19,21). The van der Waals surface area contributed by atoms with E-state index in [1.54, 1.807) is 0 Å². The molecule has 22 heavy (non-hydrogen) atoms. The lowest BCUT2D eigenvalue weighted by Crippen LogP contribution is -2.38. The van der Waals surface area contributed by atoms with E-state index in [-0.39, 0.29) is 6.09 Å². The SMILES string of the molecule is CCCCN(CCNC(=O)OC(C)(C)C)Cc1ccccc1. The third-order valence-corrected chi connectivity index (χ3v) is 3.17. The summed E-state index contributed by atoms with van der Waals surface area (Å²) in [5.41, 5.74) is 0.853. The smallest absolute Gasteiger partial charge is 0.407 e. The summed E-state index contributed by atoms with van der Waals surface area (Å²) in [7, 11) is 0. The van der Waals surface area contributed by atoms with Crippen LogP contribution in [0.15, 0.2) is 30.3 Å². The Morgan fingerprint density at radius 1 is 1.18 bits per heavy atom. The van der Waals surface area contributed by atoms with E-state index in [0.717, 1.165) is 19.6 Å². The molecule has 0 spiro atoms. The number of carbonyl (C=O) groups excluding carboxylic acids is 1. The fourth-order valence-electron chi connectivity index (χ4n) is 2.12. The molecule has 1 rings (SSSR count). The molecule has 0 radical (unpaired) electrons. The number of nitrogens with one attached hydrogen (secondary N) is 1. The number of amides is 1. The van der Waals surface area contributed by atoms with Crippen LogP contribution in [0, 0.1) is 0 Å². The minimum atomic E-state index is -0.448. The van der Waals surface area contributed by atoms with Crippen LogP contribution in [-0.2, 0) is 11.3 Å². The Balaban J connectivity index is 2.40. The highest BCUT2D eigenvalue weighted by atomic mass is 16.6. The zero-order chi connectivity index (χ0) is 16.4. The molecule has 0 unspecified atom stereocenters. The van der Waals surface area contributed by atoms with Crippen molar-refractivity contribution >= 4 is 6.09 Å². The van der Waals surface area contributed by atoms with Crippen LogP contribution >= 0.6 is 0 Å². The third kappa shape index (κ3) is 8.67. The minimum absolute atomic E-state index is 0.345. The van der Waals surface area contributed by atoms with Crippen molar-refractivity contribution in [3.05, 3.63) is 35.9 Å². The molecular weight excluding hydrogens is 276 g/mol. The van der Waals surface area contributed by atoms with Gasteiger partial charge in [0.05, 0.1) is 0 Å². The van der Waals surface area contributed by atoms with E-state index < -0.39 is 5.60 Å². The minimum Gasteiger partial charge on any atom is -0.444 e. The number of rotatable bonds is 8. The van der Waals surface area contributed by atoms with E-state index in [2.05, 4.69) is 41.4 Å². The monoisotopic (exact) mass is 306 g/mol. The molecule has 0 bridgehead atoms. The predicted octanol–water partition coefficient (Wildman–Crippen LogP) is 3.81. The van der Waals surface area contributed by atoms with Gasteiger partial charge in [0.25, 0.3) is 0 Å². The Hall–Kier alpha value is -1.55. The Kier molecular flexibility index (Phi) is 7.96. The lowest BCUT2D eigenvalue weighted by molar-refractivity contribution is 0.0521. The lowest BCUT2D eigenvalue weighted by Gasteiger charge is -2.23. The van der Waals surface area contributed by atoms with Gasteiger partial charge in [-0.1, -0.05) is 43.7 Å². The molecule has 0 saturated carbocycles. The van der Waals surface area contributed by atoms with Crippen molar-refractivity contribution in [2.24, 2.45) is 0 Å². The Labute approximate surface area is 134 Å². The number of alkyl carbamates (subject to hydrolysis) is 1. The van der Waals surface area contributed by atoms with Crippen molar-refractivity contribution < 1.29 is 9.53 Å². The first kappa shape index (κ1) is 18.5. The number of unbranched alkanes of at least 4 members (excludes halogenated alkanes) is 1. The van der Waals surface area contributed by atoms with Crippen molar-refractivity contribution in [1.29, 1.82) is 0 Å². The highest BCUT2D eigenvalue weighted by Gasteiger charge is 2.15. The average Bonchev–Trinajstić information content (AvgIpc) is 2.43. The summed E-state index contributed by atoms with van der Waals surface area (Å²) in [5, 5.41) is 2.83. The van der Waals surface area contributed by atoms with Crippen molar-refractivity contribution in [3.63, 3.8) is 0 Å². The van der Waals surface area contributed by atoms with Gasteiger partial charge in [0.1, 0.15) is 5.60 Å². The molecule has 0 aliphatic carbocycles.